The number of benzene rings is 1. The van der Waals surface area contributed by atoms with Gasteiger partial charge >= 0.3 is 0 Å². The Morgan fingerprint density at radius 2 is 2.14 bits per heavy atom. The molecule has 1 saturated heterocycles. The highest BCUT2D eigenvalue weighted by molar-refractivity contribution is 6.00. The van der Waals surface area contributed by atoms with Crippen molar-refractivity contribution in [3.05, 3.63) is 29.3 Å². The minimum atomic E-state index is 0.0755. The normalized spacial score (nSPS) is 21.8. The first-order chi connectivity index (χ1) is 10.2. The molecule has 1 aromatic rings. The van der Waals surface area contributed by atoms with Gasteiger partial charge in [-0.3, -0.25) is 9.59 Å². The highest BCUT2D eigenvalue weighted by Crippen LogP contribution is 2.29. The number of piperidine rings is 1. The molecule has 0 spiro atoms. The monoisotopic (exact) mass is 286 g/mol. The van der Waals surface area contributed by atoms with E-state index < -0.39 is 0 Å². The van der Waals surface area contributed by atoms with Crippen molar-refractivity contribution in [3.63, 3.8) is 0 Å². The average molecular weight is 286 g/mol. The van der Waals surface area contributed by atoms with Crippen LogP contribution in [0, 0.1) is 5.92 Å². The Morgan fingerprint density at radius 3 is 2.86 bits per heavy atom. The molecule has 0 aromatic heterocycles. The van der Waals surface area contributed by atoms with Crippen LogP contribution < -0.4 is 10.2 Å². The zero-order chi connectivity index (χ0) is 14.8. The van der Waals surface area contributed by atoms with Gasteiger partial charge in [-0.05, 0) is 56.0 Å². The fraction of sp³-hybridized carbons (Fsp3) is 0.529. The molecule has 0 radical (unpaired) electrons. The van der Waals surface area contributed by atoms with E-state index in [4.69, 9.17) is 0 Å². The lowest BCUT2D eigenvalue weighted by Gasteiger charge is -2.29. The summed E-state index contributed by atoms with van der Waals surface area (Å²) in [5.74, 6) is 0.417. The van der Waals surface area contributed by atoms with Crippen LogP contribution >= 0.6 is 0 Å². The minimum Gasteiger partial charge on any atom is -0.316 e. The summed E-state index contributed by atoms with van der Waals surface area (Å²) >= 11 is 0. The van der Waals surface area contributed by atoms with E-state index in [0.29, 0.717) is 0 Å². The Kier molecular flexibility index (Phi) is 4.06. The molecule has 0 aliphatic carbocycles. The summed E-state index contributed by atoms with van der Waals surface area (Å²) in [5.41, 5.74) is 2.91. The lowest BCUT2D eigenvalue weighted by Crippen LogP contribution is -2.35. The van der Waals surface area contributed by atoms with Gasteiger partial charge < -0.3 is 10.2 Å². The molecular formula is C17H22N2O2. The van der Waals surface area contributed by atoms with Gasteiger partial charge in [0.15, 0.2) is 5.78 Å². The second kappa shape index (κ2) is 5.98. The summed E-state index contributed by atoms with van der Waals surface area (Å²) in [6, 6.07) is 5.83. The first-order valence-electron chi connectivity index (χ1n) is 7.83. The zero-order valence-electron chi connectivity index (χ0n) is 12.5. The fourth-order valence-corrected chi connectivity index (χ4v) is 3.39. The van der Waals surface area contributed by atoms with Crippen molar-refractivity contribution in [3.8, 4) is 0 Å². The zero-order valence-corrected chi connectivity index (χ0v) is 12.5. The van der Waals surface area contributed by atoms with Gasteiger partial charge in [0.05, 0.1) is 0 Å². The van der Waals surface area contributed by atoms with Gasteiger partial charge in [0, 0.05) is 37.2 Å². The van der Waals surface area contributed by atoms with E-state index in [0.717, 1.165) is 62.1 Å². The van der Waals surface area contributed by atoms with Crippen LogP contribution in [0.2, 0.25) is 0 Å². The summed E-state index contributed by atoms with van der Waals surface area (Å²) in [7, 11) is 0. The predicted octanol–water partition coefficient (Wildman–Crippen LogP) is 2.17. The molecule has 1 unspecified atom stereocenters. The standard InChI is InChI=1S/C17H22N2O2/c1-12(20)19-9-3-5-13-10-14(6-7-16(13)19)17(21)15-4-2-8-18-11-15/h6-7,10,15,18H,2-5,8-9,11H2,1H3. The third-order valence-electron chi connectivity index (χ3n) is 4.53. The number of hydrogen-bond acceptors (Lipinski definition) is 3. The van der Waals surface area contributed by atoms with Crippen molar-refractivity contribution < 1.29 is 9.59 Å². The number of ketones is 1. The highest BCUT2D eigenvalue weighted by Gasteiger charge is 2.25. The number of amides is 1. The Bertz CT molecular complexity index is 562. The van der Waals surface area contributed by atoms with E-state index in [1.54, 1.807) is 6.92 Å². The number of rotatable bonds is 2. The van der Waals surface area contributed by atoms with Crippen LogP contribution in [0.15, 0.2) is 18.2 Å². The quantitative estimate of drug-likeness (QED) is 0.848. The van der Waals surface area contributed by atoms with E-state index in [2.05, 4.69) is 5.32 Å². The van der Waals surface area contributed by atoms with E-state index in [-0.39, 0.29) is 17.6 Å². The van der Waals surface area contributed by atoms with E-state index in [9.17, 15) is 9.59 Å². The number of fused-ring (bicyclic) bond motifs is 1. The predicted molar refractivity (Wildman–Crippen MR) is 82.7 cm³/mol. The number of Topliss-reactive ketones (excluding diaryl/α,β-unsaturated/α-hetero) is 1. The summed E-state index contributed by atoms with van der Waals surface area (Å²) in [4.78, 5) is 26.1. The molecule has 112 valence electrons. The molecule has 0 saturated carbocycles. The smallest absolute Gasteiger partial charge is 0.223 e. The van der Waals surface area contributed by atoms with Crippen molar-refractivity contribution in [2.45, 2.75) is 32.6 Å². The minimum absolute atomic E-state index is 0.0755. The molecule has 1 N–H and O–H groups in total. The summed E-state index contributed by atoms with van der Waals surface area (Å²) in [5, 5.41) is 3.30. The molecule has 2 aliphatic heterocycles. The Morgan fingerprint density at radius 1 is 1.29 bits per heavy atom. The lowest BCUT2D eigenvalue weighted by molar-refractivity contribution is -0.116. The number of nitrogens with one attached hydrogen (secondary N) is 1. The van der Waals surface area contributed by atoms with Gasteiger partial charge in [0.2, 0.25) is 5.91 Å². The van der Waals surface area contributed by atoms with Crippen molar-refractivity contribution in [2.24, 2.45) is 5.92 Å². The largest absolute Gasteiger partial charge is 0.316 e. The van der Waals surface area contributed by atoms with Crippen molar-refractivity contribution in [2.75, 3.05) is 24.5 Å². The van der Waals surface area contributed by atoms with Crippen molar-refractivity contribution in [1.82, 2.24) is 5.32 Å². The number of hydrogen-bond donors (Lipinski definition) is 1. The van der Waals surface area contributed by atoms with Gasteiger partial charge in [-0.1, -0.05) is 0 Å². The second-order valence-corrected chi connectivity index (χ2v) is 6.03. The molecule has 1 amide bonds. The molecular weight excluding hydrogens is 264 g/mol. The number of carbonyl (C=O) groups excluding carboxylic acids is 2. The maximum Gasteiger partial charge on any atom is 0.223 e. The molecule has 4 nitrogen and oxygen atoms in total. The SMILES string of the molecule is CC(=O)N1CCCc2cc(C(=O)C3CCCNC3)ccc21. The summed E-state index contributed by atoms with van der Waals surface area (Å²) in [6.07, 6.45) is 3.96. The fourth-order valence-electron chi connectivity index (χ4n) is 3.39. The van der Waals surface area contributed by atoms with Gasteiger partial charge in [0.25, 0.3) is 0 Å². The molecule has 1 atom stereocenters. The molecule has 4 heteroatoms. The molecule has 21 heavy (non-hydrogen) atoms. The van der Waals surface area contributed by atoms with Gasteiger partial charge in [-0.25, -0.2) is 0 Å². The maximum absolute atomic E-state index is 12.6. The molecule has 1 aromatic carbocycles. The van der Waals surface area contributed by atoms with E-state index in [1.807, 2.05) is 23.1 Å². The van der Waals surface area contributed by atoms with Gasteiger partial charge in [-0.2, -0.15) is 0 Å². The van der Waals surface area contributed by atoms with Crippen LogP contribution in [0.1, 0.15) is 42.1 Å². The third-order valence-corrected chi connectivity index (χ3v) is 4.53. The van der Waals surface area contributed by atoms with Crippen molar-refractivity contribution in [1.29, 1.82) is 0 Å². The Balaban J connectivity index is 1.85. The molecule has 1 fully saturated rings. The number of anilines is 1. The van der Waals surface area contributed by atoms with Crippen LogP contribution in [0.25, 0.3) is 0 Å². The summed E-state index contributed by atoms with van der Waals surface area (Å²) in [6.45, 7) is 4.18. The Hall–Kier alpha value is -1.68. The van der Waals surface area contributed by atoms with Crippen LogP contribution in [0.4, 0.5) is 5.69 Å². The third kappa shape index (κ3) is 2.86. The highest BCUT2D eigenvalue weighted by atomic mass is 16.2. The summed E-state index contributed by atoms with van der Waals surface area (Å²) < 4.78 is 0. The van der Waals surface area contributed by atoms with E-state index in [1.165, 1.54) is 0 Å². The first-order valence-corrected chi connectivity index (χ1v) is 7.83. The number of aryl methyl sites for hydroxylation is 1. The second-order valence-electron chi connectivity index (χ2n) is 6.03. The van der Waals surface area contributed by atoms with Gasteiger partial charge in [-0.15, -0.1) is 0 Å². The molecule has 2 heterocycles. The number of carbonyl (C=O) groups is 2. The van der Waals surface area contributed by atoms with Crippen LogP contribution in [-0.2, 0) is 11.2 Å². The molecule has 2 aliphatic rings. The lowest BCUT2D eigenvalue weighted by atomic mass is 9.89. The number of nitrogens with zero attached hydrogens (tertiary/aromatic N) is 1. The maximum atomic E-state index is 12.6. The molecule has 0 bridgehead atoms. The molecule has 3 rings (SSSR count). The van der Waals surface area contributed by atoms with E-state index >= 15 is 0 Å². The van der Waals surface area contributed by atoms with Crippen molar-refractivity contribution >= 4 is 17.4 Å². The average Bonchev–Trinajstić information content (AvgIpc) is 2.53. The van der Waals surface area contributed by atoms with Crippen LogP contribution in [0.5, 0.6) is 0 Å². The van der Waals surface area contributed by atoms with Crippen LogP contribution in [0.3, 0.4) is 0 Å². The van der Waals surface area contributed by atoms with Gasteiger partial charge in [0.1, 0.15) is 0 Å². The first kappa shape index (κ1) is 14.3. The van der Waals surface area contributed by atoms with Crippen LogP contribution in [-0.4, -0.2) is 31.3 Å². The Labute approximate surface area is 125 Å². The topological polar surface area (TPSA) is 49.4 Å².